The second-order valence-corrected chi connectivity index (χ2v) is 6.24. The molecule has 24 heavy (non-hydrogen) atoms. The molecule has 2 aliphatic heterocycles. The zero-order valence-corrected chi connectivity index (χ0v) is 13.5. The van der Waals surface area contributed by atoms with Gasteiger partial charge in [0.05, 0.1) is 19.3 Å². The van der Waals surface area contributed by atoms with Crippen molar-refractivity contribution in [3.8, 4) is 0 Å². The third kappa shape index (κ3) is 4.22. The van der Waals surface area contributed by atoms with Gasteiger partial charge in [-0.05, 0) is 13.8 Å². The molecule has 0 spiro atoms. The Morgan fingerprint density at radius 1 is 0.792 bits per heavy atom. The third-order valence-electron chi connectivity index (χ3n) is 4.00. The smallest absolute Gasteiger partial charge is 0.186 e. The lowest BCUT2D eigenvalue weighted by molar-refractivity contribution is -0.316. The topological polar surface area (TPSA) is 158 Å². The van der Waals surface area contributed by atoms with E-state index in [0.717, 1.165) is 0 Å². The van der Waals surface area contributed by atoms with Crippen LogP contribution >= 0.6 is 0 Å². The van der Waals surface area contributed by atoms with E-state index in [1.54, 1.807) is 13.8 Å². The zero-order chi connectivity index (χ0) is 18.0. The second-order valence-electron chi connectivity index (χ2n) is 6.24. The Kier molecular flexibility index (Phi) is 6.90. The van der Waals surface area contributed by atoms with Gasteiger partial charge in [-0.2, -0.15) is 0 Å². The second kappa shape index (κ2) is 8.32. The Balaban J connectivity index is 1.93. The van der Waals surface area contributed by atoms with Gasteiger partial charge >= 0.3 is 0 Å². The predicted molar refractivity (Wildman–Crippen MR) is 76.6 cm³/mol. The van der Waals surface area contributed by atoms with Crippen LogP contribution in [0.1, 0.15) is 13.8 Å². The van der Waals surface area contributed by atoms with E-state index in [1.165, 1.54) is 0 Å². The first-order chi connectivity index (χ1) is 11.3. The number of hydrogen-bond donors (Lipinski definition) is 6. The molecule has 10 heteroatoms. The van der Waals surface area contributed by atoms with Crippen molar-refractivity contribution in [3.63, 3.8) is 0 Å². The van der Waals surface area contributed by atoms with Crippen LogP contribution in [0.3, 0.4) is 0 Å². The minimum Gasteiger partial charge on any atom is -0.394 e. The molecule has 2 rings (SSSR count). The highest BCUT2D eigenvalue weighted by Crippen LogP contribution is 2.26. The minimum absolute atomic E-state index is 0.283. The normalized spacial score (nSPS) is 46.6. The van der Waals surface area contributed by atoms with Crippen molar-refractivity contribution < 1.29 is 49.6 Å². The summed E-state index contributed by atoms with van der Waals surface area (Å²) in [6.07, 6.45) is -11.7. The molecular formula is C14H26O10. The van der Waals surface area contributed by atoms with Gasteiger partial charge in [-0.1, -0.05) is 0 Å². The first-order valence-corrected chi connectivity index (χ1v) is 7.85. The monoisotopic (exact) mass is 354 g/mol. The van der Waals surface area contributed by atoms with Crippen molar-refractivity contribution in [2.45, 2.75) is 75.3 Å². The van der Waals surface area contributed by atoms with Gasteiger partial charge in [0.2, 0.25) is 0 Å². The largest absolute Gasteiger partial charge is 0.394 e. The fourth-order valence-corrected chi connectivity index (χ4v) is 2.63. The number of hydrogen-bond acceptors (Lipinski definition) is 10. The fraction of sp³-hybridized carbons (Fsp3) is 1.00. The molecule has 0 aromatic rings. The molecule has 0 radical (unpaired) electrons. The third-order valence-corrected chi connectivity index (χ3v) is 4.00. The lowest BCUT2D eigenvalue weighted by Crippen LogP contribution is -2.60. The van der Waals surface area contributed by atoms with Crippen molar-refractivity contribution >= 4 is 0 Å². The van der Waals surface area contributed by atoms with E-state index in [1.807, 2.05) is 0 Å². The lowest BCUT2D eigenvalue weighted by Gasteiger charge is -2.41. The average molecular weight is 354 g/mol. The van der Waals surface area contributed by atoms with Crippen LogP contribution in [0.2, 0.25) is 0 Å². The number of ether oxygens (including phenoxy) is 4. The Labute approximate surface area is 139 Å². The fourth-order valence-electron chi connectivity index (χ4n) is 2.63. The lowest BCUT2D eigenvalue weighted by atomic mass is 9.99. The van der Waals surface area contributed by atoms with Gasteiger partial charge in [-0.15, -0.1) is 0 Å². The molecule has 142 valence electrons. The van der Waals surface area contributed by atoms with Gasteiger partial charge < -0.3 is 49.6 Å². The summed E-state index contributed by atoms with van der Waals surface area (Å²) in [6, 6.07) is 0. The molecule has 0 bridgehead atoms. The molecule has 0 amide bonds. The molecule has 2 heterocycles. The van der Waals surface area contributed by atoms with Crippen molar-refractivity contribution in [2.24, 2.45) is 0 Å². The summed E-state index contributed by atoms with van der Waals surface area (Å²) in [5.74, 6) is 0. The van der Waals surface area contributed by atoms with Gasteiger partial charge in [0.25, 0.3) is 0 Å². The maximum atomic E-state index is 9.99. The number of aliphatic hydroxyl groups is 6. The van der Waals surface area contributed by atoms with Crippen molar-refractivity contribution in [1.82, 2.24) is 0 Å². The highest BCUT2D eigenvalue weighted by molar-refractivity contribution is 4.90. The molecular weight excluding hydrogens is 328 g/mol. The van der Waals surface area contributed by atoms with Crippen LogP contribution in [0.4, 0.5) is 0 Å². The van der Waals surface area contributed by atoms with Crippen molar-refractivity contribution in [2.75, 3.05) is 13.2 Å². The molecule has 6 N–H and O–H groups in total. The van der Waals surface area contributed by atoms with E-state index in [2.05, 4.69) is 0 Å². The highest BCUT2D eigenvalue weighted by Gasteiger charge is 2.47. The van der Waals surface area contributed by atoms with Gasteiger partial charge in [0.1, 0.15) is 42.7 Å². The summed E-state index contributed by atoms with van der Waals surface area (Å²) in [6.45, 7) is 2.65. The zero-order valence-electron chi connectivity index (χ0n) is 13.5. The Hall–Kier alpha value is -0.400. The summed E-state index contributed by atoms with van der Waals surface area (Å²) in [7, 11) is 0. The minimum atomic E-state index is -1.50. The summed E-state index contributed by atoms with van der Waals surface area (Å²) in [5.41, 5.74) is 0. The first kappa shape index (κ1) is 19.9. The SMILES string of the molecule is CC(C)O[C@@H]1O[C@H](CO[C@@H]2O[C@@H](CO)[C@H](O)[C@H]2O)[C@H](O)[C@H](O)[C@H]1O. The van der Waals surface area contributed by atoms with Gasteiger partial charge in [0, 0.05) is 0 Å². The van der Waals surface area contributed by atoms with E-state index in [4.69, 9.17) is 24.1 Å². The standard InChI is InChI=1S/C14H26O10/c1-5(2)22-14-12(20)10(18)9(17)7(24-14)4-21-13-11(19)8(16)6(3-15)23-13/h5-20H,3-4H2,1-2H3/t6-,7+,8-,9-,10-,11+,12+,13+,14+/m0/s1. The summed E-state index contributed by atoms with van der Waals surface area (Å²) < 4.78 is 21.2. The van der Waals surface area contributed by atoms with Crippen molar-refractivity contribution in [1.29, 1.82) is 0 Å². The van der Waals surface area contributed by atoms with Crippen LogP contribution in [-0.4, -0.2) is 105 Å². The van der Waals surface area contributed by atoms with Crippen LogP contribution < -0.4 is 0 Å². The molecule has 0 unspecified atom stereocenters. The van der Waals surface area contributed by atoms with E-state index >= 15 is 0 Å². The van der Waals surface area contributed by atoms with E-state index in [0.29, 0.717) is 0 Å². The Morgan fingerprint density at radius 3 is 1.88 bits per heavy atom. The quantitative estimate of drug-likeness (QED) is 0.285. The van der Waals surface area contributed by atoms with Crippen LogP contribution in [-0.2, 0) is 18.9 Å². The van der Waals surface area contributed by atoms with Crippen LogP contribution in [0.15, 0.2) is 0 Å². The summed E-state index contributed by atoms with van der Waals surface area (Å²) in [4.78, 5) is 0. The first-order valence-electron chi connectivity index (χ1n) is 7.85. The Morgan fingerprint density at radius 2 is 1.33 bits per heavy atom. The maximum absolute atomic E-state index is 9.99. The maximum Gasteiger partial charge on any atom is 0.186 e. The molecule has 2 fully saturated rings. The average Bonchev–Trinajstić information content (AvgIpc) is 2.81. The van der Waals surface area contributed by atoms with Gasteiger partial charge in [0.15, 0.2) is 12.6 Å². The summed E-state index contributed by atoms with van der Waals surface area (Å²) >= 11 is 0. The predicted octanol–water partition coefficient (Wildman–Crippen LogP) is -3.33. The van der Waals surface area contributed by atoms with Crippen LogP contribution in [0, 0.1) is 0 Å². The number of aliphatic hydroxyl groups excluding tert-OH is 6. The van der Waals surface area contributed by atoms with Gasteiger partial charge in [-0.25, -0.2) is 0 Å². The van der Waals surface area contributed by atoms with Crippen LogP contribution in [0.25, 0.3) is 0 Å². The Bertz CT molecular complexity index is 394. The van der Waals surface area contributed by atoms with E-state index in [-0.39, 0.29) is 12.7 Å². The molecule has 0 aliphatic carbocycles. The molecule has 2 saturated heterocycles. The van der Waals surface area contributed by atoms with Crippen LogP contribution in [0.5, 0.6) is 0 Å². The van der Waals surface area contributed by atoms with E-state index < -0.39 is 61.9 Å². The van der Waals surface area contributed by atoms with E-state index in [9.17, 15) is 25.5 Å². The molecule has 0 aromatic carbocycles. The molecule has 0 aromatic heterocycles. The van der Waals surface area contributed by atoms with Gasteiger partial charge in [-0.3, -0.25) is 0 Å². The highest BCUT2D eigenvalue weighted by atomic mass is 16.7. The molecule has 0 saturated carbocycles. The summed E-state index contributed by atoms with van der Waals surface area (Å²) in [5, 5.41) is 58.2. The molecule has 10 nitrogen and oxygen atoms in total. The number of rotatable bonds is 6. The van der Waals surface area contributed by atoms with Crippen molar-refractivity contribution in [3.05, 3.63) is 0 Å². The molecule has 2 aliphatic rings. The molecule has 9 atom stereocenters.